The maximum atomic E-state index is 13.8. The van der Waals surface area contributed by atoms with Gasteiger partial charge in [0.25, 0.3) is 0 Å². The summed E-state index contributed by atoms with van der Waals surface area (Å²) in [5.74, 6) is 0.153. The van der Waals surface area contributed by atoms with Gasteiger partial charge in [0.05, 0.1) is 19.1 Å². The van der Waals surface area contributed by atoms with E-state index in [0.717, 1.165) is 27.3 Å². The van der Waals surface area contributed by atoms with Gasteiger partial charge in [0.2, 0.25) is 21.8 Å². The minimum absolute atomic E-state index is 0.133. The monoisotopic (exact) mass is 517 g/mol. The maximum absolute atomic E-state index is 13.8. The Morgan fingerprint density at radius 1 is 1.08 bits per heavy atom. The van der Waals surface area contributed by atoms with Crippen LogP contribution in [0.5, 0.6) is 5.75 Å². The molecule has 0 radical (unpaired) electrons. The highest BCUT2D eigenvalue weighted by molar-refractivity contribution is 7.92. The maximum Gasteiger partial charge on any atom is 0.244 e. The van der Waals surface area contributed by atoms with Gasteiger partial charge in [-0.25, -0.2) is 8.42 Å². The van der Waals surface area contributed by atoms with E-state index in [2.05, 4.69) is 5.32 Å². The zero-order valence-electron chi connectivity index (χ0n) is 22.4. The molecule has 2 amide bonds. The lowest BCUT2D eigenvalue weighted by molar-refractivity contribution is -0.140. The van der Waals surface area contributed by atoms with Crippen molar-refractivity contribution in [3.8, 4) is 5.75 Å². The molecule has 2 rings (SSSR count). The molecule has 2 aromatic rings. The van der Waals surface area contributed by atoms with Crippen LogP contribution in [-0.2, 0) is 26.2 Å². The predicted molar refractivity (Wildman–Crippen MR) is 144 cm³/mol. The highest BCUT2D eigenvalue weighted by Gasteiger charge is 2.32. The van der Waals surface area contributed by atoms with Crippen LogP contribution in [0.2, 0.25) is 0 Å². The molecule has 0 heterocycles. The first kappa shape index (κ1) is 29.2. The molecule has 0 aliphatic rings. The number of anilines is 1. The standard InChI is InChI=1S/C27H39N3O5S/c1-8-24(27(32)28-16-19(2)3)29(17-22-12-10-13-23(15-22)35-6)26(31)18-30(36(7,33)34)25-14-9-11-20(4)21(25)5/h9-15,19,24H,8,16-18H2,1-7H3,(H,28,32)/t24-/m0/s1. The normalized spacial score (nSPS) is 12.2. The number of aryl methyl sites for hydroxylation is 1. The lowest BCUT2D eigenvalue weighted by atomic mass is 10.1. The fourth-order valence-electron chi connectivity index (χ4n) is 3.91. The second-order valence-electron chi connectivity index (χ2n) is 9.42. The Hall–Kier alpha value is -3.07. The van der Waals surface area contributed by atoms with Gasteiger partial charge in [-0.1, -0.05) is 45.0 Å². The van der Waals surface area contributed by atoms with E-state index < -0.39 is 28.5 Å². The van der Waals surface area contributed by atoms with Crippen molar-refractivity contribution in [1.29, 1.82) is 0 Å². The smallest absolute Gasteiger partial charge is 0.244 e. The van der Waals surface area contributed by atoms with Gasteiger partial charge in [-0.15, -0.1) is 0 Å². The van der Waals surface area contributed by atoms with Crippen molar-refractivity contribution in [1.82, 2.24) is 10.2 Å². The molecule has 198 valence electrons. The van der Waals surface area contributed by atoms with Crippen molar-refractivity contribution in [2.45, 2.75) is 53.6 Å². The van der Waals surface area contributed by atoms with Gasteiger partial charge in [-0.3, -0.25) is 13.9 Å². The highest BCUT2D eigenvalue weighted by atomic mass is 32.2. The molecular formula is C27H39N3O5S. The fourth-order valence-corrected chi connectivity index (χ4v) is 4.81. The summed E-state index contributed by atoms with van der Waals surface area (Å²) in [4.78, 5) is 28.4. The van der Waals surface area contributed by atoms with Gasteiger partial charge in [-0.05, 0) is 61.1 Å². The summed E-state index contributed by atoms with van der Waals surface area (Å²) >= 11 is 0. The van der Waals surface area contributed by atoms with Crippen LogP contribution in [0.1, 0.15) is 43.9 Å². The first-order valence-electron chi connectivity index (χ1n) is 12.1. The van der Waals surface area contributed by atoms with Crippen molar-refractivity contribution < 1.29 is 22.7 Å². The van der Waals surface area contributed by atoms with Crippen LogP contribution in [0.25, 0.3) is 0 Å². The zero-order chi connectivity index (χ0) is 27.0. The zero-order valence-corrected chi connectivity index (χ0v) is 23.2. The summed E-state index contributed by atoms with van der Waals surface area (Å²) in [6.07, 6.45) is 1.46. The van der Waals surface area contributed by atoms with Gasteiger partial charge < -0.3 is 15.0 Å². The van der Waals surface area contributed by atoms with E-state index in [4.69, 9.17) is 4.74 Å². The molecule has 0 saturated carbocycles. The Bertz CT molecular complexity index is 1160. The van der Waals surface area contributed by atoms with E-state index >= 15 is 0 Å². The van der Waals surface area contributed by atoms with E-state index in [9.17, 15) is 18.0 Å². The van der Waals surface area contributed by atoms with Crippen molar-refractivity contribution in [3.63, 3.8) is 0 Å². The summed E-state index contributed by atoms with van der Waals surface area (Å²) < 4.78 is 32.0. The molecule has 9 heteroatoms. The van der Waals surface area contributed by atoms with Crippen molar-refractivity contribution in [2.75, 3.05) is 30.8 Å². The molecule has 36 heavy (non-hydrogen) atoms. The van der Waals surface area contributed by atoms with Crippen LogP contribution in [0.3, 0.4) is 0 Å². The van der Waals surface area contributed by atoms with Crippen LogP contribution < -0.4 is 14.4 Å². The van der Waals surface area contributed by atoms with Crippen LogP contribution in [0.15, 0.2) is 42.5 Å². The topological polar surface area (TPSA) is 96.0 Å². The number of ether oxygens (including phenoxy) is 1. The first-order chi connectivity index (χ1) is 16.9. The Balaban J connectivity index is 2.48. The summed E-state index contributed by atoms with van der Waals surface area (Å²) in [7, 11) is -2.22. The van der Waals surface area contributed by atoms with E-state index in [1.54, 1.807) is 31.4 Å². The molecule has 0 aromatic heterocycles. The van der Waals surface area contributed by atoms with Crippen molar-refractivity contribution >= 4 is 27.5 Å². The number of methoxy groups -OCH3 is 1. The van der Waals surface area contributed by atoms with E-state index in [-0.39, 0.29) is 18.4 Å². The largest absolute Gasteiger partial charge is 0.497 e. The number of rotatable bonds is 12. The Morgan fingerprint density at radius 3 is 2.33 bits per heavy atom. The van der Waals surface area contributed by atoms with Gasteiger partial charge in [0.15, 0.2) is 0 Å². The van der Waals surface area contributed by atoms with Crippen LogP contribution in [0.4, 0.5) is 5.69 Å². The number of nitrogens with one attached hydrogen (secondary N) is 1. The Labute approximate surface area is 215 Å². The third-order valence-corrected chi connectivity index (χ3v) is 7.21. The second-order valence-corrected chi connectivity index (χ2v) is 11.3. The SMILES string of the molecule is CC[C@@H](C(=O)NCC(C)C)N(Cc1cccc(OC)c1)C(=O)CN(c1cccc(C)c1C)S(C)(=O)=O. The molecular weight excluding hydrogens is 478 g/mol. The fraction of sp³-hybridized carbons (Fsp3) is 0.481. The first-order valence-corrected chi connectivity index (χ1v) is 14.0. The molecule has 0 aliphatic carbocycles. The number of amides is 2. The Morgan fingerprint density at radius 2 is 1.75 bits per heavy atom. The van der Waals surface area contributed by atoms with E-state index in [1.807, 2.05) is 52.8 Å². The number of hydrogen-bond donors (Lipinski definition) is 1. The lowest BCUT2D eigenvalue weighted by Crippen LogP contribution is -2.52. The molecule has 2 aromatic carbocycles. The molecule has 8 nitrogen and oxygen atoms in total. The van der Waals surface area contributed by atoms with E-state index in [0.29, 0.717) is 24.4 Å². The molecule has 1 atom stereocenters. The number of hydrogen-bond acceptors (Lipinski definition) is 5. The van der Waals surface area contributed by atoms with Gasteiger partial charge in [-0.2, -0.15) is 0 Å². The predicted octanol–water partition coefficient (Wildman–Crippen LogP) is 3.66. The van der Waals surface area contributed by atoms with Gasteiger partial charge in [0, 0.05) is 13.1 Å². The minimum Gasteiger partial charge on any atom is -0.497 e. The third kappa shape index (κ3) is 7.71. The number of carbonyl (C=O) groups is 2. The molecule has 0 bridgehead atoms. The number of nitrogens with zero attached hydrogens (tertiary/aromatic N) is 2. The van der Waals surface area contributed by atoms with Crippen LogP contribution >= 0.6 is 0 Å². The van der Waals surface area contributed by atoms with Gasteiger partial charge in [0.1, 0.15) is 18.3 Å². The average Bonchev–Trinajstić information content (AvgIpc) is 2.82. The van der Waals surface area contributed by atoms with Gasteiger partial charge >= 0.3 is 0 Å². The summed E-state index contributed by atoms with van der Waals surface area (Å²) in [5.41, 5.74) is 2.91. The third-order valence-electron chi connectivity index (χ3n) is 6.08. The Kier molecular flexibility index (Phi) is 10.3. The lowest BCUT2D eigenvalue weighted by Gasteiger charge is -2.33. The molecule has 0 aliphatic heterocycles. The quantitative estimate of drug-likeness (QED) is 0.464. The number of benzene rings is 2. The highest BCUT2D eigenvalue weighted by Crippen LogP contribution is 2.26. The summed E-state index contributed by atoms with van der Waals surface area (Å²) in [5, 5.41) is 2.92. The molecule has 0 saturated heterocycles. The van der Waals surface area contributed by atoms with Crippen molar-refractivity contribution in [3.05, 3.63) is 59.2 Å². The van der Waals surface area contributed by atoms with Crippen LogP contribution in [0, 0.1) is 19.8 Å². The average molecular weight is 518 g/mol. The van der Waals surface area contributed by atoms with E-state index in [1.165, 1.54) is 4.90 Å². The number of carbonyl (C=O) groups excluding carboxylic acids is 2. The molecule has 0 unspecified atom stereocenters. The number of sulfonamides is 1. The summed E-state index contributed by atoms with van der Waals surface area (Å²) in [6.45, 7) is 9.75. The van der Waals surface area contributed by atoms with Crippen molar-refractivity contribution in [2.24, 2.45) is 5.92 Å². The van der Waals surface area contributed by atoms with Crippen LogP contribution in [-0.4, -0.2) is 57.6 Å². The minimum atomic E-state index is -3.78. The molecule has 1 N–H and O–H groups in total. The summed E-state index contributed by atoms with van der Waals surface area (Å²) in [6, 6.07) is 11.9. The molecule has 0 spiro atoms. The molecule has 0 fully saturated rings. The second kappa shape index (κ2) is 12.8.